The summed E-state index contributed by atoms with van der Waals surface area (Å²) in [7, 11) is 0. The van der Waals surface area contributed by atoms with E-state index in [2.05, 4.69) is 66.0 Å². The van der Waals surface area contributed by atoms with Gasteiger partial charge in [0.25, 0.3) is 0 Å². The molecule has 0 radical (unpaired) electrons. The zero-order valence-corrected chi connectivity index (χ0v) is 18.9. The number of benzene rings is 1. The van der Waals surface area contributed by atoms with E-state index < -0.39 is 5.60 Å². The lowest BCUT2D eigenvalue weighted by atomic mass is 9.74. The molecule has 2 N–H and O–H groups in total. The summed E-state index contributed by atoms with van der Waals surface area (Å²) in [5.74, 6) is 5.95. The molecule has 0 saturated carbocycles. The second-order valence-electron chi connectivity index (χ2n) is 9.35. The first-order valence-electron chi connectivity index (χ1n) is 10.4. The zero-order chi connectivity index (χ0) is 21.4. The largest absolute Gasteiger partial charge is 0.378 e. The lowest BCUT2D eigenvalue weighted by molar-refractivity contribution is 0.143. The van der Waals surface area contributed by atoms with Gasteiger partial charge in [-0.1, -0.05) is 43.9 Å². The van der Waals surface area contributed by atoms with E-state index in [1.54, 1.807) is 25.2 Å². The van der Waals surface area contributed by atoms with Gasteiger partial charge in [0.1, 0.15) is 5.60 Å². The minimum Gasteiger partial charge on any atom is -0.378 e. The van der Waals surface area contributed by atoms with Gasteiger partial charge < -0.3 is 10.4 Å². The van der Waals surface area contributed by atoms with Gasteiger partial charge in [-0.2, -0.15) is 5.10 Å². The molecule has 2 heterocycles. The Balaban J connectivity index is 1.53. The van der Waals surface area contributed by atoms with E-state index in [-0.39, 0.29) is 11.5 Å². The summed E-state index contributed by atoms with van der Waals surface area (Å²) in [5, 5.41) is 18.3. The zero-order valence-electron chi connectivity index (χ0n) is 18.1. The van der Waals surface area contributed by atoms with Crippen LogP contribution in [-0.2, 0) is 13.0 Å². The molecule has 1 aliphatic rings. The van der Waals surface area contributed by atoms with Gasteiger partial charge in [0.2, 0.25) is 0 Å². The van der Waals surface area contributed by atoms with Crippen molar-refractivity contribution in [2.45, 2.75) is 58.7 Å². The minimum atomic E-state index is -0.967. The van der Waals surface area contributed by atoms with Crippen molar-refractivity contribution in [2.24, 2.45) is 5.41 Å². The SMILES string of the molecule is CC(C)(O)C#Cc1ccc(CNC2CC(C)(C)Cc3c2cnn3-c2ccccc2)s1. The van der Waals surface area contributed by atoms with Gasteiger partial charge in [0, 0.05) is 28.7 Å². The van der Waals surface area contributed by atoms with Gasteiger partial charge in [0.05, 0.1) is 16.8 Å². The molecular weight excluding hydrogens is 390 g/mol. The number of para-hydroxylation sites is 1. The van der Waals surface area contributed by atoms with Crippen molar-refractivity contribution in [1.29, 1.82) is 0 Å². The fourth-order valence-corrected chi connectivity index (χ4v) is 4.81. The van der Waals surface area contributed by atoms with Crippen LogP contribution < -0.4 is 5.32 Å². The number of rotatable bonds is 4. The molecule has 0 fully saturated rings. The summed E-state index contributed by atoms with van der Waals surface area (Å²) >= 11 is 1.68. The number of aliphatic hydroxyl groups is 1. The van der Waals surface area contributed by atoms with E-state index in [1.807, 2.05) is 18.3 Å². The Hall–Kier alpha value is -2.39. The topological polar surface area (TPSA) is 50.1 Å². The van der Waals surface area contributed by atoms with Crippen LogP contribution in [0.2, 0.25) is 0 Å². The van der Waals surface area contributed by atoms with Gasteiger partial charge in [-0.3, -0.25) is 0 Å². The Morgan fingerprint density at radius 2 is 2.00 bits per heavy atom. The summed E-state index contributed by atoms with van der Waals surface area (Å²) in [5.41, 5.74) is 2.96. The Morgan fingerprint density at radius 1 is 1.23 bits per heavy atom. The average Bonchev–Trinajstić information content (AvgIpc) is 3.30. The molecule has 0 bridgehead atoms. The third-order valence-electron chi connectivity index (χ3n) is 5.36. The maximum absolute atomic E-state index is 9.80. The molecule has 3 aromatic rings. The standard InChI is InChI=1S/C25H29N3OS/c1-24(2)14-22(26-16-20-11-10-19(30-20)12-13-25(3,4)29)21-17-27-28(23(21)15-24)18-8-6-5-7-9-18/h5-11,17,22,26,29H,14-16H2,1-4H3. The molecule has 156 valence electrons. The number of nitrogens with one attached hydrogen (secondary N) is 1. The molecule has 0 amide bonds. The van der Waals surface area contributed by atoms with Crippen molar-refractivity contribution in [1.82, 2.24) is 15.1 Å². The van der Waals surface area contributed by atoms with Crippen LogP contribution in [0, 0.1) is 17.3 Å². The quantitative estimate of drug-likeness (QED) is 0.594. The molecular formula is C25H29N3OS. The first-order valence-corrected chi connectivity index (χ1v) is 11.2. The molecule has 0 aliphatic heterocycles. The second kappa shape index (κ2) is 8.03. The minimum absolute atomic E-state index is 0.204. The fraction of sp³-hybridized carbons (Fsp3) is 0.400. The van der Waals surface area contributed by atoms with Crippen LogP contribution in [0.5, 0.6) is 0 Å². The highest BCUT2D eigenvalue weighted by Crippen LogP contribution is 2.41. The number of fused-ring (bicyclic) bond motifs is 1. The number of thiophene rings is 1. The lowest BCUT2D eigenvalue weighted by Crippen LogP contribution is -2.33. The van der Waals surface area contributed by atoms with Gasteiger partial charge in [-0.05, 0) is 56.4 Å². The van der Waals surface area contributed by atoms with Crippen molar-refractivity contribution < 1.29 is 5.11 Å². The molecule has 30 heavy (non-hydrogen) atoms. The predicted octanol–water partition coefficient (Wildman–Crippen LogP) is 4.86. The van der Waals surface area contributed by atoms with Gasteiger partial charge >= 0.3 is 0 Å². The Morgan fingerprint density at radius 3 is 2.73 bits per heavy atom. The first-order chi connectivity index (χ1) is 14.2. The van der Waals surface area contributed by atoms with Gasteiger partial charge in [-0.25, -0.2) is 4.68 Å². The third kappa shape index (κ3) is 4.84. The van der Waals surface area contributed by atoms with Crippen LogP contribution in [0.15, 0.2) is 48.7 Å². The maximum Gasteiger partial charge on any atom is 0.120 e. The maximum atomic E-state index is 9.80. The average molecular weight is 420 g/mol. The van der Waals surface area contributed by atoms with Crippen LogP contribution in [0.4, 0.5) is 0 Å². The highest BCUT2D eigenvalue weighted by atomic mass is 32.1. The molecule has 1 unspecified atom stereocenters. The van der Waals surface area contributed by atoms with E-state index >= 15 is 0 Å². The van der Waals surface area contributed by atoms with Crippen LogP contribution in [-0.4, -0.2) is 20.5 Å². The molecule has 1 aromatic carbocycles. The molecule has 1 atom stereocenters. The summed E-state index contributed by atoms with van der Waals surface area (Å²) < 4.78 is 2.10. The molecule has 0 spiro atoms. The smallest absolute Gasteiger partial charge is 0.120 e. The van der Waals surface area contributed by atoms with E-state index in [4.69, 9.17) is 5.10 Å². The van der Waals surface area contributed by atoms with E-state index in [1.165, 1.54) is 16.1 Å². The van der Waals surface area contributed by atoms with E-state index in [0.717, 1.165) is 30.0 Å². The second-order valence-corrected chi connectivity index (χ2v) is 10.5. The summed E-state index contributed by atoms with van der Waals surface area (Å²) in [6, 6.07) is 14.8. The Kier molecular flexibility index (Phi) is 5.59. The van der Waals surface area contributed by atoms with Crippen molar-refractivity contribution in [3.8, 4) is 17.5 Å². The lowest BCUT2D eigenvalue weighted by Gasteiger charge is -2.36. The van der Waals surface area contributed by atoms with Crippen LogP contribution in [0.1, 0.15) is 61.2 Å². The number of nitrogens with zero attached hydrogens (tertiary/aromatic N) is 2. The number of hydrogen-bond donors (Lipinski definition) is 2. The summed E-state index contributed by atoms with van der Waals surface area (Å²) in [4.78, 5) is 2.23. The normalized spacial score (nSPS) is 17.8. The van der Waals surface area contributed by atoms with Crippen molar-refractivity contribution in [3.05, 3.63) is 69.7 Å². The van der Waals surface area contributed by atoms with Crippen molar-refractivity contribution >= 4 is 11.3 Å². The Bertz CT molecular complexity index is 1080. The predicted molar refractivity (Wildman–Crippen MR) is 123 cm³/mol. The van der Waals surface area contributed by atoms with Crippen molar-refractivity contribution in [3.63, 3.8) is 0 Å². The molecule has 1 aliphatic carbocycles. The highest BCUT2D eigenvalue weighted by Gasteiger charge is 2.35. The molecule has 4 nitrogen and oxygen atoms in total. The van der Waals surface area contributed by atoms with Gasteiger partial charge in [0.15, 0.2) is 0 Å². The molecule has 0 saturated heterocycles. The molecule has 4 rings (SSSR count). The first kappa shape index (κ1) is 20.9. The van der Waals surface area contributed by atoms with Gasteiger partial charge in [-0.15, -0.1) is 11.3 Å². The number of aromatic nitrogens is 2. The van der Waals surface area contributed by atoms with Crippen LogP contribution in [0.25, 0.3) is 5.69 Å². The monoisotopic (exact) mass is 419 g/mol. The highest BCUT2D eigenvalue weighted by molar-refractivity contribution is 7.12. The van der Waals surface area contributed by atoms with Crippen LogP contribution >= 0.6 is 11.3 Å². The fourth-order valence-electron chi connectivity index (χ4n) is 3.99. The number of hydrogen-bond acceptors (Lipinski definition) is 4. The van der Waals surface area contributed by atoms with Crippen molar-refractivity contribution in [2.75, 3.05) is 0 Å². The third-order valence-corrected chi connectivity index (χ3v) is 6.36. The van der Waals surface area contributed by atoms with E-state index in [9.17, 15) is 5.11 Å². The Labute approximate surface area is 183 Å². The molecule has 5 heteroatoms. The van der Waals surface area contributed by atoms with Crippen LogP contribution in [0.3, 0.4) is 0 Å². The summed E-state index contributed by atoms with van der Waals surface area (Å²) in [6.45, 7) is 8.87. The molecule has 2 aromatic heterocycles. The van der Waals surface area contributed by atoms with E-state index in [0.29, 0.717) is 0 Å². The summed E-state index contributed by atoms with van der Waals surface area (Å²) in [6.07, 6.45) is 4.13.